The molecule has 3 N–H and O–H groups in total. The van der Waals surface area contributed by atoms with Gasteiger partial charge in [0.1, 0.15) is 0 Å². The van der Waals surface area contributed by atoms with E-state index in [9.17, 15) is 4.79 Å². The maximum atomic E-state index is 11.2. The molecule has 1 heterocycles. The average molecular weight is 226 g/mol. The minimum absolute atomic E-state index is 0.0194. The molecule has 0 radical (unpaired) electrons. The Balaban J connectivity index is 2.78. The Bertz CT molecular complexity index is 348. The molecule has 1 aromatic heterocycles. The number of aromatic nitrogens is 2. The third-order valence-corrected chi connectivity index (χ3v) is 2.26. The molecule has 1 atom stereocenters. The lowest BCUT2D eigenvalue weighted by Gasteiger charge is -2.11. The van der Waals surface area contributed by atoms with E-state index in [-0.39, 0.29) is 17.6 Å². The topological polar surface area (TPSA) is 94.0 Å². The van der Waals surface area contributed by atoms with Gasteiger partial charge in [-0.05, 0) is 12.3 Å². The number of nitrogens with zero attached hydrogens (tertiary/aromatic N) is 2. The zero-order valence-electron chi connectivity index (χ0n) is 9.86. The van der Waals surface area contributed by atoms with Gasteiger partial charge in [0, 0.05) is 13.6 Å². The quantitative estimate of drug-likeness (QED) is 0.763. The third kappa shape index (κ3) is 3.03. The Labute approximate surface area is 94.6 Å². The summed E-state index contributed by atoms with van der Waals surface area (Å²) in [5.41, 5.74) is 5.64. The molecule has 0 aliphatic carbocycles. The second-order valence-electron chi connectivity index (χ2n) is 4.10. The Morgan fingerprint density at radius 2 is 2.25 bits per heavy atom. The van der Waals surface area contributed by atoms with Gasteiger partial charge in [-0.1, -0.05) is 19.0 Å². The molecule has 6 heteroatoms. The average Bonchev–Trinajstić information content (AvgIpc) is 2.73. The van der Waals surface area contributed by atoms with Crippen LogP contribution in [0.15, 0.2) is 4.52 Å². The van der Waals surface area contributed by atoms with Crippen molar-refractivity contribution in [2.24, 2.45) is 11.7 Å². The smallest absolute Gasteiger partial charge is 0.292 e. The molecule has 6 nitrogen and oxygen atoms in total. The van der Waals surface area contributed by atoms with Gasteiger partial charge >= 0.3 is 0 Å². The summed E-state index contributed by atoms with van der Waals surface area (Å²) in [4.78, 5) is 15.3. The molecule has 1 amide bonds. The maximum absolute atomic E-state index is 11.2. The molecule has 0 saturated heterocycles. The number of nitrogens with one attached hydrogen (secondary N) is 1. The molecule has 0 saturated carbocycles. The molecule has 0 aliphatic heterocycles. The van der Waals surface area contributed by atoms with Gasteiger partial charge in [0.15, 0.2) is 0 Å². The van der Waals surface area contributed by atoms with Gasteiger partial charge in [0.2, 0.25) is 5.89 Å². The maximum Gasteiger partial charge on any atom is 0.292 e. The van der Waals surface area contributed by atoms with Crippen LogP contribution in [0.5, 0.6) is 0 Å². The van der Waals surface area contributed by atoms with E-state index in [4.69, 9.17) is 10.3 Å². The van der Waals surface area contributed by atoms with E-state index in [2.05, 4.69) is 29.3 Å². The summed E-state index contributed by atoms with van der Waals surface area (Å²) in [6.45, 7) is 4.63. The molecule has 0 spiro atoms. The predicted octanol–water partition coefficient (Wildman–Crippen LogP) is 0.518. The van der Waals surface area contributed by atoms with Crippen molar-refractivity contribution in [1.29, 1.82) is 0 Å². The minimum Gasteiger partial charge on any atom is -0.352 e. The molecule has 0 aromatic carbocycles. The van der Waals surface area contributed by atoms with Crippen LogP contribution in [0.1, 0.15) is 42.7 Å². The van der Waals surface area contributed by atoms with Crippen LogP contribution < -0.4 is 11.1 Å². The van der Waals surface area contributed by atoms with Gasteiger partial charge in [-0.15, -0.1) is 0 Å². The minimum atomic E-state index is -0.352. The zero-order valence-corrected chi connectivity index (χ0v) is 9.86. The highest BCUT2D eigenvalue weighted by Gasteiger charge is 2.20. The number of rotatable bonds is 5. The SMILES string of the molecule is CNC(=O)c1noc(C(CN)CC(C)C)n1. The highest BCUT2D eigenvalue weighted by atomic mass is 16.5. The van der Waals surface area contributed by atoms with E-state index in [1.807, 2.05) is 0 Å². The monoisotopic (exact) mass is 226 g/mol. The molecule has 1 rings (SSSR count). The Morgan fingerprint density at radius 1 is 1.56 bits per heavy atom. The lowest BCUT2D eigenvalue weighted by molar-refractivity contribution is 0.0950. The highest BCUT2D eigenvalue weighted by molar-refractivity contribution is 5.89. The summed E-state index contributed by atoms with van der Waals surface area (Å²) < 4.78 is 5.04. The van der Waals surface area contributed by atoms with E-state index >= 15 is 0 Å². The van der Waals surface area contributed by atoms with Gasteiger partial charge in [-0.2, -0.15) is 4.98 Å². The van der Waals surface area contributed by atoms with E-state index in [0.29, 0.717) is 18.4 Å². The number of hydrogen-bond donors (Lipinski definition) is 2. The fourth-order valence-electron chi connectivity index (χ4n) is 1.47. The standard InChI is InChI=1S/C10H18N4O2/c1-6(2)4-7(5-11)10-13-8(14-16-10)9(15)12-3/h6-7H,4-5,11H2,1-3H3,(H,12,15). The number of hydrogen-bond acceptors (Lipinski definition) is 5. The van der Waals surface area contributed by atoms with Crippen molar-refractivity contribution >= 4 is 5.91 Å². The highest BCUT2D eigenvalue weighted by Crippen LogP contribution is 2.20. The van der Waals surface area contributed by atoms with Crippen LogP contribution in [0.4, 0.5) is 0 Å². The fourth-order valence-corrected chi connectivity index (χ4v) is 1.47. The summed E-state index contributed by atoms with van der Waals surface area (Å²) in [5.74, 6) is 0.652. The molecular formula is C10H18N4O2. The van der Waals surface area contributed by atoms with Crippen LogP contribution in [0.3, 0.4) is 0 Å². The second kappa shape index (κ2) is 5.60. The van der Waals surface area contributed by atoms with Crippen molar-refractivity contribution in [3.8, 4) is 0 Å². The van der Waals surface area contributed by atoms with Gasteiger partial charge in [-0.3, -0.25) is 4.79 Å². The third-order valence-electron chi connectivity index (χ3n) is 2.26. The van der Waals surface area contributed by atoms with Crippen molar-refractivity contribution in [2.75, 3.05) is 13.6 Å². The first-order chi connectivity index (χ1) is 7.58. The van der Waals surface area contributed by atoms with Crippen LogP contribution in [-0.2, 0) is 0 Å². The molecular weight excluding hydrogens is 208 g/mol. The van der Waals surface area contributed by atoms with Gasteiger partial charge in [-0.25, -0.2) is 0 Å². The van der Waals surface area contributed by atoms with Crippen LogP contribution in [0.25, 0.3) is 0 Å². The van der Waals surface area contributed by atoms with Crippen molar-refractivity contribution < 1.29 is 9.32 Å². The van der Waals surface area contributed by atoms with Crippen LogP contribution in [0, 0.1) is 5.92 Å². The van der Waals surface area contributed by atoms with Gasteiger partial charge < -0.3 is 15.6 Å². The summed E-state index contributed by atoms with van der Waals surface area (Å²) in [7, 11) is 1.52. The molecule has 0 bridgehead atoms. The van der Waals surface area contributed by atoms with Crippen molar-refractivity contribution in [2.45, 2.75) is 26.2 Å². The Morgan fingerprint density at radius 3 is 2.75 bits per heavy atom. The predicted molar refractivity (Wildman–Crippen MR) is 58.9 cm³/mol. The van der Waals surface area contributed by atoms with E-state index in [1.54, 1.807) is 0 Å². The number of nitrogens with two attached hydrogens (primary N) is 1. The lowest BCUT2D eigenvalue weighted by atomic mass is 9.97. The Hall–Kier alpha value is -1.43. The van der Waals surface area contributed by atoms with Crippen molar-refractivity contribution in [1.82, 2.24) is 15.5 Å². The number of carbonyl (C=O) groups is 1. The molecule has 0 fully saturated rings. The van der Waals surface area contributed by atoms with Crippen LogP contribution in [-0.4, -0.2) is 29.6 Å². The molecule has 1 unspecified atom stereocenters. The zero-order chi connectivity index (χ0) is 12.1. The van der Waals surface area contributed by atoms with Crippen LogP contribution >= 0.6 is 0 Å². The number of carbonyl (C=O) groups excluding carboxylic acids is 1. The van der Waals surface area contributed by atoms with Gasteiger partial charge in [0.25, 0.3) is 11.7 Å². The van der Waals surface area contributed by atoms with Crippen molar-refractivity contribution in [3.63, 3.8) is 0 Å². The first kappa shape index (κ1) is 12.6. The summed E-state index contributed by atoms with van der Waals surface area (Å²) in [5, 5.41) is 6.05. The van der Waals surface area contributed by atoms with E-state index < -0.39 is 0 Å². The van der Waals surface area contributed by atoms with E-state index in [0.717, 1.165) is 6.42 Å². The molecule has 1 aromatic rings. The second-order valence-corrected chi connectivity index (χ2v) is 4.10. The number of amides is 1. The first-order valence-corrected chi connectivity index (χ1v) is 5.34. The summed E-state index contributed by atoms with van der Waals surface area (Å²) >= 11 is 0. The fraction of sp³-hybridized carbons (Fsp3) is 0.700. The molecule has 16 heavy (non-hydrogen) atoms. The summed E-state index contributed by atoms with van der Waals surface area (Å²) in [6.07, 6.45) is 0.867. The first-order valence-electron chi connectivity index (χ1n) is 5.34. The summed E-state index contributed by atoms with van der Waals surface area (Å²) in [6, 6.07) is 0. The normalized spacial score (nSPS) is 12.8. The van der Waals surface area contributed by atoms with E-state index in [1.165, 1.54) is 7.05 Å². The van der Waals surface area contributed by atoms with Crippen molar-refractivity contribution in [3.05, 3.63) is 11.7 Å². The van der Waals surface area contributed by atoms with Gasteiger partial charge in [0.05, 0.1) is 5.92 Å². The lowest BCUT2D eigenvalue weighted by Crippen LogP contribution is -2.20. The largest absolute Gasteiger partial charge is 0.352 e. The Kier molecular flexibility index (Phi) is 4.42. The molecule has 90 valence electrons. The molecule has 0 aliphatic rings. The van der Waals surface area contributed by atoms with Crippen LogP contribution in [0.2, 0.25) is 0 Å².